The monoisotopic (exact) mass is 230 g/mol. The predicted molar refractivity (Wildman–Crippen MR) is 62.0 cm³/mol. The molecule has 0 aromatic carbocycles. The molecule has 0 bridgehead atoms. The van der Waals surface area contributed by atoms with Crippen molar-refractivity contribution in [1.82, 2.24) is 10.2 Å². The van der Waals surface area contributed by atoms with E-state index in [0.717, 1.165) is 6.42 Å². The van der Waals surface area contributed by atoms with E-state index in [2.05, 4.69) is 5.32 Å². The summed E-state index contributed by atoms with van der Waals surface area (Å²) in [5.41, 5.74) is 0. The molecule has 0 rings (SSSR count). The molecule has 0 spiro atoms. The molecule has 0 saturated carbocycles. The van der Waals surface area contributed by atoms with Gasteiger partial charge in [-0.25, -0.2) is 0 Å². The molecule has 94 valence electrons. The van der Waals surface area contributed by atoms with E-state index < -0.39 is 6.04 Å². The van der Waals surface area contributed by atoms with Gasteiger partial charge in [0.25, 0.3) is 0 Å². The summed E-state index contributed by atoms with van der Waals surface area (Å²) < 4.78 is 4.88. The van der Waals surface area contributed by atoms with Crippen LogP contribution in [-0.4, -0.2) is 49.6 Å². The molecule has 0 aliphatic rings. The third kappa shape index (κ3) is 5.70. The number of hydrogen-bond acceptors (Lipinski definition) is 4. The summed E-state index contributed by atoms with van der Waals surface area (Å²) >= 11 is 0. The smallest absolute Gasteiger partial charge is 0.323 e. The molecule has 0 fully saturated rings. The largest absolute Gasteiger partial charge is 0.465 e. The molecule has 16 heavy (non-hydrogen) atoms. The molecule has 1 N–H and O–H groups in total. The lowest BCUT2D eigenvalue weighted by atomic mass is 10.3. The van der Waals surface area contributed by atoms with Crippen molar-refractivity contribution in [2.24, 2.45) is 0 Å². The first kappa shape index (κ1) is 14.9. The number of likely N-dealkylation sites (N-methyl/N-ethyl adjacent to an activating group) is 1. The van der Waals surface area contributed by atoms with Crippen molar-refractivity contribution < 1.29 is 14.3 Å². The molecule has 1 amide bonds. The number of nitrogens with zero attached hydrogens (tertiary/aromatic N) is 1. The van der Waals surface area contributed by atoms with E-state index >= 15 is 0 Å². The minimum absolute atomic E-state index is 0.0690. The van der Waals surface area contributed by atoms with Crippen LogP contribution in [0.5, 0.6) is 0 Å². The van der Waals surface area contributed by atoms with Gasteiger partial charge in [0, 0.05) is 6.54 Å². The van der Waals surface area contributed by atoms with Crippen molar-refractivity contribution in [3.05, 3.63) is 0 Å². The van der Waals surface area contributed by atoms with Gasteiger partial charge in [-0.05, 0) is 27.3 Å². The van der Waals surface area contributed by atoms with Crippen LogP contribution in [0.3, 0.4) is 0 Å². The Labute approximate surface area is 97.1 Å². The standard InChI is InChI=1S/C11H22N2O3/c1-5-7-12-10(14)8-13(4)9(3)11(15)16-6-2/h9H,5-8H2,1-4H3,(H,12,14). The summed E-state index contributed by atoms with van der Waals surface area (Å²) in [5.74, 6) is -0.367. The number of rotatable bonds is 7. The van der Waals surface area contributed by atoms with Gasteiger partial charge in [-0.2, -0.15) is 0 Å². The second-order valence-electron chi connectivity index (χ2n) is 3.69. The quantitative estimate of drug-likeness (QED) is 0.643. The molecule has 0 aliphatic carbocycles. The summed E-state index contributed by atoms with van der Waals surface area (Å²) in [6, 6.07) is -0.396. The highest BCUT2D eigenvalue weighted by molar-refractivity contribution is 5.80. The van der Waals surface area contributed by atoms with Gasteiger partial charge in [-0.3, -0.25) is 14.5 Å². The maximum Gasteiger partial charge on any atom is 0.323 e. The van der Waals surface area contributed by atoms with Crippen molar-refractivity contribution in [3.8, 4) is 0 Å². The van der Waals surface area contributed by atoms with E-state index in [9.17, 15) is 9.59 Å². The Morgan fingerprint density at radius 3 is 2.50 bits per heavy atom. The minimum Gasteiger partial charge on any atom is -0.465 e. The van der Waals surface area contributed by atoms with Crippen molar-refractivity contribution in [2.45, 2.75) is 33.2 Å². The van der Waals surface area contributed by atoms with Gasteiger partial charge in [0.05, 0.1) is 13.2 Å². The van der Waals surface area contributed by atoms with Crippen molar-refractivity contribution in [2.75, 3.05) is 26.7 Å². The summed E-state index contributed by atoms with van der Waals surface area (Å²) in [6.07, 6.45) is 0.906. The first-order valence-corrected chi connectivity index (χ1v) is 5.66. The van der Waals surface area contributed by atoms with E-state index in [-0.39, 0.29) is 18.4 Å². The fourth-order valence-electron chi connectivity index (χ4n) is 1.13. The average Bonchev–Trinajstić information content (AvgIpc) is 2.25. The lowest BCUT2D eigenvalue weighted by Crippen LogP contribution is -2.43. The van der Waals surface area contributed by atoms with E-state index in [0.29, 0.717) is 13.2 Å². The second-order valence-corrected chi connectivity index (χ2v) is 3.69. The van der Waals surface area contributed by atoms with Crippen molar-refractivity contribution in [3.63, 3.8) is 0 Å². The van der Waals surface area contributed by atoms with Crippen LogP contribution in [-0.2, 0) is 14.3 Å². The highest BCUT2D eigenvalue weighted by Gasteiger charge is 2.20. The van der Waals surface area contributed by atoms with Crippen LogP contribution in [0.1, 0.15) is 27.2 Å². The summed E-state index contributed by atoms with van der Waals surface area (Å²) in [5, 5.41) is 2.76. The molecule has 0 aromatic rings. The number of esters is 1. The number of amides is 1. The normalized spacial score (nSPS) is 12.3. The molecular weight excluding hydrogens is 208 g/mol. The zero-order valence-electron chi connectivity index (χ0n) is 10.6. The van der Waals surface area contributed by atoms with Gasteiger partial charge in [0.2, 0.25) is 5.91 Å². The number of carbonyl (C=O) groups is 2. The van der Waals surface area contributed by atoms with Gasteiger partial charge in [0.15, 0.2) is 0 Å². The topological polar surface area (TPSA) is 58.6 Å². The predicted octanol–water partition coefficient (Wildman–Crippen LogP) is 0.396. The lowest BCUT2D eigenvalue weighted by molar-refractivity contribution is -0.148. The van der Waals surface area contributed by atoms with Crippen LogP contribution in [0.15, 0.2) is 0 Å². The number of ether oxygens (including phenoxy) is 1. The highest BCUT2D eigenvalue weighted by Crippen LogP contribution is 1.98. The molecule has 1 atom stereocenters. The third-order valence-electron chi connectivity index (χ3n) is 2.25. The lowest BCUT2D eigenvalue weighted by Gasteiger charge is -2.22. The van der Waals surface area contributed by atoms with Crippen molar-refractivity contribution in [1.29, 1.82) is 0 Å². The third-order valence-corrected chi connectivity index (χ3v) is 2.25. The van der Waals surface area contributed by atoms with Crippen LogP contribution >= 0.6 is 0 Å². The maximum atomic E-state index is 11.4. The van der Waals surface area contributed by atoms with E-state index in [1.807, 2.05) is 6.92 Å². The van der Waals surface area contributed by atoms with Crippen LogP contribution in [0, 0.1) is 0 Å². The SMILES string of the molecule is CCCNC(=O)CN(C)C(C)C(=O)OCC. The zero-order chi connectivity index (χ0) is 12.6. The van der Waals surface area contributed by atoms with Crippen LogP contribution in [0.25, 0.3) is 0 Å². The Bertz CT molecular complexity index is 231. The van der Waals surface area contributed by atoms with Gasteiger partial charge in [-0.15, -0.1) is 0 Å². The Morgan fingerprint density at radius 2 is 2.00 bits per heavy atom. The highest BCUT2D eigenvalue weighted by atomic mass is 16.5. The molecule has 0 saturated heterocycles. The average molecular weight is 230 g/mol. The van der Waals surface area contributed by atoms with Crippen molar-refractivity contribution >= 4 is 11.9 Å². The molecule has 1 unspecified atom stereocenters. The Balaban J connectivity index is 3.99. The molecule has 0 heterocycles. The second kappa shape index (κ2) is 8.10. The Hall–Kier alpha value is -1.10. The van der Waals surface area contributed by atoms with Gasteiger partial charge < -0.3 is 10.1 Å². The maximum absolute atomic E-state index is 11.4. The molecule has 5 heteroatoms. The molecule has 5 nitrogen and oxygen atoms in total. The molecule has 0 aliphatic heterocycles. The molecule has 0 radical (unpaired) electrons. The number of carbonyl (C=O) groups excluding carboxylic acids is 2. The number of nitrogens with one attached hydrogen (secondary N) is 1. The first-order chi connectivity index (χ1) is 7.52. The number of hydrogen-bond donors (Lipinski definition) is 1. The first-order valence-electron chi connectivity index (χ1n) is 5.66. The van der Waals surface area contributed by atoms with Gasteiger partial charge in [0.1, 0.15) is 6.04 Å². The van der Waals surface area contributed by atoms with E-state index in [1.165, 1.54) is 0 Å². The fourth-order valence-corrected chi connectivity index (χ4v) is 1.13. The fraction of sp³-hybridized carbons (Fsp3) is 0.818. The van der Waals surface area contributed by atoms with E-state index in [1.54, 1.807) is 25.8 Å². The Morgan fingerprint density at radius 1 is 1.38 bits per heavy atom. The summed E-state index contributed by atoms with van der Waals surface area (Å²) in [6.45, 7) is 6.72. The van der Waals surface area contributed by atoms with Crippen LogP contribution in [0.2, 0.25) is 0 Å². The summed E-state index contributed by atoms with van der Waals surface area (Å²) in [7, 11) is 1.73. The Kier molecular flexibility index (Phi) is 7.54. The van der Waals surface area contributed by atoms with Gasteiger partial charge in [-0.1, -0.05) is 6.92 Å². The van der Waals surface area contributed by atoms with Crippen LogP contribution < -0.4 is 5.32 Å². The van der Waals surface area contributed by atoms with Crippen LogP contribution in [0.4, 0.5) is 0 Å². The van der Waals surface area contributed by atoms with Gasteiger partial charge >= 0.3 is 5.97 Å². The molecular formula is C11H22N2O3. The summed E-state index contributed by atoms with van der Waals surface area (Å²) in [4.78, 5) is 24.4. The molecule has 0 aromatic heterocycles. The van der Waals surface area contributed by atoms with E-state index in [4.69, 9.17) is 4.74 Å². The zero-order valence-corrected chi connectivity index (χ0v) is 10.6. The minimum atomic E-state index is -0.396.